The molecule has 0 aromatic heterocycles. The van der Waals surface area contributed by atoms with Gasteiger partial charge in [-0.25, -0.2) is 0 Å². The van der Waals surface area contributed by atoms with Crippen LogP contribution < -0.4 is 5.32 Å². The molecule has 0 spiro atoms. The van der Waals surface area contributed by atoms with Crippen molar-refractivity contribution in [3.05, 3.63) is 77.4 Å². The fraction of sp³-hybridized carbons (Fsp3) is 0.111. The Bertz CT molecular complexity index is 669. The summed E-state index contributed by atoms with van der Waals surface area (Å²) < 4.78 is 0. The molecule has 0 fully saturated rings. The summed E-state index contributed by atoms with van der Waals surface area (Å²) >= 11 is 0. The number of rotatable bonds is 4. The van der Waals surface area contributed by atoms with Gasteiger partial charge in [-0.05, 0) is 24.1 Å². The predicted molar refractivity (Wildman–Crippen MR) is 83.0 cm³/mol. The van der Waals surface area contributed by atoms with Crippen LogP contribution in [0.2, 0.25) is 0 Å². The average Bonchev–Trinajstić information content (AvgIpc) is 2.54. The van der Waals surface area contributed by atoms with Crippen LogP contribution >= 0.6 is 0 Å². The lowest BCUT2D eigenvalue weighted by Crippen LogP contribution is -2.27. The van der Waals surface area contributed by atoms with Gasteiger partial charge in [-0.15, -0.1) is 0 Å². The molecule has 1 atom stereocenters. The van der Waals surface area contributed by atoms with Crippen molar-refractivity contribution in [2.45, 2.75) is 13.0 Å². The van der Waals surface area contributed by atoms with Crippen LogP contribution in [0.1, 0.15) is 24.1 Å². The number of hydrogen-bond acceptors (Lipinski definition) is 2. The van der Waals surface area contributed by atoms with Crippen LogP contribution in [-0.4, -0.2) is 5.91 Å². The molecule has 3 nitrogen and oxygen atoms in total. The van der Waals surface area contributed by atoms with Gasteiger partial charge in [0.25, 0.3) is 5.91 Å². The Morgan fingerprint density at radius 2 is 1.67 bits per heavy atom. The maximum absolute atomic E-state index is 12.2. The number of nitrogens with zero attached hydrogens (tertiary/aromatic N) is 1. The molecule has 2 aromatic carbocycles. The first-order valence-corrected chi connectivity index (χ1v) is 6.73. The Hall–Kier alpha value is -2.86. The number of carbonyl (C=O) groups excluding carboxylic acids is 1. The molecule has 0 aliphatic carbocycles. The van der Waals surface area contributed by atoms with Crippen molar-refractivity contribution in [1.29, 1.82) is 5.26 Å². The van der Waals surface area contributed by atoms with E-state index in [1.807, 2.05) is 73.7 Å². The maximum atomic E-state index is 12.2. The number of hydrogen-bond donors (Lipinski definition) is 1. The highest BCUT2D eigenvalue weighted by Crippen LogP contribution is 2.13. The van der Waals surface area contributed by atoms with Gasteiger partial charge in [0.2, 0.25) is 0 Å². The molecule has 0 radical (unpaired) electrons. The summed E-state index contributed by atoms with van der Waals surface area (Å²) in [5.41, 5.74) is 1.93. The Labute approximate surface area is 124 Å². The van der Waals surface area contributed by atoms with Crippen molar-refractivity contribution in [2.75, 3.05) is 0 Å². The zero-order chi connectivity index (χ0) is 15.1. The molecule has 21 heavy (non-hydrogen) atoms. The highest BCUT2D eigenvalue weighted by molar-refractivity contribution is 6.01. The normalized spacial score (nSPS) is 12.3. The maximum Gasteiger partial charge on any atom is 0.262 e. The molecular weight excluding hydrogens is 260 g/mol. The van der Waals surface area contributed by atoms with Gasteiger partial charge in [0.05, 0.1) is 6.04 Å². The van der Waals surface area contributed by atoms with Crippen molar-refractivity contribution in [3.63, 3.8) is 0 Å². The van der Waals surface area contributed by atoms with E-state index in [0.29, 0.717) is 0 Å². The lowest BCUT2D eigenvalue weighted by Gasteiger charge is -2.13. The zero-order valence-electron chi connectivity index (χ0n) is 11.8. The standard InChI is InChI=1S/C18H16N2O/c1-14(16-10-6-3-7-11-16)20-18(21)17(13-19)12-15-8-4-2-5-9-15/h2-12,14H,1H3,(H,20,21)/b17-12-/t14-/m1/s1. The molecule has 0 saturated heterocycles. The Kier molecular flexibility index (Phi) is 4.89. The van der Waals surface area contributed by atoms with Crippen LogP contribution in [0.4, 0.5) is 0 Å². The first kappa shape index (κ1) is 14.5. The molecule has 3 heteroatoms. The minimum atomic E-state index is -0.363. The number of nitrogens with one attached hydrogen (secondary N) is 1. The number of amides is 1. The molecule has 2 aromatic rings. The van der Waals surface area contributed by atoms with Gasteiger partial charge < -0.3 is 5.32 Å². The molecular formula is C18H16N2O. The Morgan fingerprint density at radius 3 is 2.24 bits per heavy atom. The second-order valence-corrected chi connectivity index (χ2v) is 4.69. The van der Waals surface area contributed by atoms with Gasteiger partial charge in [-0.3, -0.25) is 4.79 Å². The summed E-state index contributed by atoms with van der Waals surface area (Å²) in [4.78, 5) is 12.2. The number of nitriles is 1. The molecule has 0 aliphatic rings. The molecule has 1 N–H and O–H groups in total. The third-order valence-corrected chi connectivity index (χ3v) is 3.12. The molecule has 0 heterocycles. The van der Waals surface area contributed by atoms with Gasteiger partial charge in [0, 0.05) is 0 Å². The third-order valence-electron chi connectivity index (χ3n) is 3.12. The van der Waals surface area contributed by atoms with E-state index in [2.05, 4.69) is 5.32 Å². The Morgan fingerprint density at radius 1 is 1.10 bits per heavy atom. The lowest BCUT2D eigenvalue weighted by atomic mass is 10.1. The second-order valence-electron chi connectivity index (χ2n) is 4.69. The largest absolute Gasteiger partial charge is 0.345 e. The summed E-state index contributed by atoms with van der Waals surface area (Å²) in [6, 6.07) is 20.8. The number of benzene rings is 2. The smallest absolute Gasteiger partial charge is 0.262 e. The van der Waals surface area contributed by atoms with Crippen LogP contribution in [0, 0.1) is 11.3 Å². The highest BCUT2D eigenvalue weighted by Gasteiger charge is 2.13. The van der Waals surface area contributed by atoms with E-state index in [-0.39, 0.29) is 17.5 Å². The quantitative estimate of drug-likeness (QED) is 0.686. The molecule has 0 unspecified atom stereocenters. The minimum absolute atomic E-state index is 0.101. The molecule has 0 saturated carbocycles. The lowest BCUT2D eigenvalue weighted by molar-refractivity contribution is -0.117. The average molecular weight is 276 g/mol. The molecule has 1 amide bonds. The van der Waals surface area contributed by atoms with E-state index in [1.54, 1.807) is 6.08 Å². The Balaban J connectivity index is 2.11. The van der Waals surface area contributed by atoms with Crippen molar-refractivity contribution in [2.24, 2.45) is 0 Å². The highest BCUT2D eigenvalue weighted by atomic mass is 16.1. The number of carbonyl (C=O) groups is 1. The summed E-state index contributed by atoms with van der Waals surface area (Å²) in [5.74, 6) is -0.363. The van der Waals surface area contributed by atoms with Gasteiger partial charge in [0.15, 0.2) is 0 Å². The fourth-order valence-corrected chi connectivity index (χ4v) is 1.96. The molecule has 0 aliphatic heterocycles. The van der Waals surface area contributed by atoms with Gasteiger partial charge >= 0.3 is 0 Å². The molecule has 0 bridgehead atoms. The zero-order valence-corrected chi connectivity index (χ0v) is 11.8. The summed E-state index contributed by atoms with van der Waals surface area (Å²) in [6.45, 7) is 1.89. The monoisotopic (exact) mass is 276 g/mol. The molecule has 104 valence electrons. The van der Waals surface area contributed by atoms with Crippen LogP contribution in [0.25, 0.3) is 6.08 Å². The van der Waals surface area contributed by atoms with Crippen molar-refractivity contribution < 1.29 is 4.79 Å². The van der Waals surface area contributed by atoms with Gasteiger partial charge in [-0.2, -0.15) is 5.26 Å². The third kappa shape index (κ3) is 4.05. The van der Waals surface area contributed by atoms with Crippen LogP contribution in [0.3, 0.4) is 0 Å². The first-order chi connectivity index (χ1) is 10.2. The van der Waals surface area contributed by atoms with E-state index >= 15 is 0 Å². The van der Waals surface area contributed by atoms with E-state index in [9.17, 15) is 4.79 Å². The van der Waals surface area contributed by atoms with Crippen LogP contribution in [-0.2, 0) is 4.79 Å². The van der Waals surface area contributed by atoms with Gasteiger partial charge in [0.1, 0.15) is 11.6 Å². The summed E-state index contributed by atoms with van der Waals surface area (Å²) in [6.07, 6.45) is 1.59. The van der Waals surface area contributed by atoms with Crippen molar-refractivity contribution >= 4 is 12.0 Å². The van der Waals surface area contributed by atoms with Crippen molar-refractivity contribution in [3.8, 4) is 6.07 Å². The second kappa shape index (κ2) is 7.06. The molecule has 2 rings (SSSR count). The topological polar surface area (TPSA) is 52.9 Å². The minimum Gasteiger partial charge on any atom is -0.345 e. The van der Waals surface area contributed by atoms with E-state index in [0.717, 1.165) is 11.1 Å². The van der Waals surface area contributed by atoms with E-state index < -0.39 is 0 Å². The van der Waals surface area contributed by atoms with E-state index in [4.69, 9.17) is 5.26 Å². The van der Waals surface area contributed by atoms with Gasteiger partial charge in [-0.1, -0.05) is 60.7 Å². The van der Waals surface area contributed by atoms with Crippen LogP contribution in [0.15, 0.2) is 66.2 Å². The van der Waals surface area contributed by atoms with Crippen molar-refractivity contribution in [1.82, 2.24) is 5.32 Å². The fourth-order valence-electron chi connectivity index (χ4n) is 1.96. The van der Waals surface area contributed by atoms with E-state index in [1.165, 1.54) is 0 Å². The van der Waals surface area contributed by atoms with Crippen LogP contribution in [0.5, 0.6) is 0 Å². The summed E-state index contributed by atoms with van der Waals surface area (Å²) in [5, 5.41) is 12.0. The SMILES string of the molecule is C[C@@H](NC(=O)/C(C#N)=C\c1ccccc1)c1ccccc1. The first-order valence-electron chi connectivity index (χ1n) is 6.73. The summed E-state index contributed by atoms with van der Waals surface area (Å²) in [7, 11) is 0. The predicted octanol–water partition coefficient (Wildman–Crippen LogP) is 3.47.